The van der Waals surface area contributed by atoms with Crippen LogP contribution in [0.2, 0.25) is 0 Å². The fraction of sp³-hybridized carbons (Fsp3) is 0.240. The summed E-state index contributed by atoms with van der Waals surface area (Å²) in [4.78, 5) is 2.10. The molecular weight excluding hydrogens is 374 g/mol. The second-order valence-corrected chi connectivity index (χ2v) is 7.87. The molecule has 0 radical (unpaired) electrons. The van der Waals surface area contributed by atoms with Crippen molar-refractivity contribution < 1.29 is 9.47 Å². The smallest absolute Gasteiger partial charge is 0.213 e. The van der Waals surface area contributed by atoms with E-state index in [4.69, 9.17) is 14.6 Å². The molecule has 0 aromatic heterocycles. The van der Waals surface area contributed by atoms with Crippen molar-refractivity contribution in [3.05, 3.63) is 89.5 Å². The number of benzene rings is 3. The van der Waals surface area contributed by atoms with Crippen molar-refractivity contribution in [1.29, 1.82) is 0 Å². The average molecular weight is 399 g/mol. The highest BCUT2D eigenvalue weighted by molar-refractivity contribution is 6.02. The van der Waals surface area contributed by atoms with Gasteiger partial charge in [0.05, 0.1) is 18.9 Å². The van der Waals surface area contributed by atoms with Gasteiger partial charge in [-0.1, -0.05) is 30.3 Å². The number of nitrogens with zero attached hydrogens (tertiary/aromatic N) is 3. The van der Waals surface area contributed by atoms with Gasteiger partial charge in [0, 0.05) is 37.3 Å². The Balaban J connectivity index is 1.53. The van der Waals surface area contributed by atoms with Crippen LogP contribution >= 0.6 is 0 Å². The first-order chi connectivity index (χ1) is 14.6. The van der Waals surface area contributed by atoms with E-state index in [2.05, 4.69) is 64.5 Å². The molecule has 152 valence electrons. The maximum Gasteiger partial charge on any atom is 0.213 e. The van der Waals surface area contributed by atoms with Gasteiger partial charge in [-0.2, -0.15) is 5.10 Å². The molecule has 0 fully saturated rings. The second kappa shape index (κ2) is 7.41. The molecule has 0 N–H and O–H groups in total. The van der Waals surface area contributed by atoms with Crippen LogP contribution in [0.25, 0.3) is 0 Å². The maximum absolute atomic E-state index is 6.44. The molecule has 3 aromatic rings. The molecule has 30 heavy (non-hydrogen) atoms. The Kier molecular flexibility index (Phi) is 4.58. The lowest BCUT2D eigenvalue weighted by Crippen LogP contribution is -2.33. The van der Waals surface area contributed by atoms with Gasteiger partial charge in [0.2, 0.25) is 6.23 Å². The van der Waals surface area contributed by atoms with Crippen molar-refractivity contribution in [1.82, 2.24) is 5.01 Å². The Morgan fingerprint density at radius 3 is 2.40 bits per heavy atom. The van der Waals surface area contributed by atoms with Crippen molar-refractivity contribution in [2.75, 3.05) is 26.1 Å². The van der Waals surface area contributed by atoms with E-state index < -0.39 is 0 Å². The van der Waals surface area contributed by atoms with E-state index in [1.807, 2.05) is 32.3 Å². The highest BCUT2D eigenvalue weighted by atomic mass is 16.5. The van der Waals surface area contributed by atoms with E-state index in [9.17, 15) is 0 Å². The molecule has 2 aliphatic rings. The highest BCUT2D eigenvalue weighted by Gasteiger charge is 2.40. The van der Waals surface area contributed by atoms with Crippen molar-refractivity contribution in [3.63, 3.8) is 0 Å². The SMILES string of the molecule is COc1ccc(C2=NN3[C@H](C2)c2ccccc2O[C@H]3c2ccc(N(C)C)cc2)cc1. The maximum atomic E-state index is 6.44. The van der Waals surface area contributed by atoms with Gasteiger partial charge in [0.25, 0.3) is 0 Å². The topological polar surface area (TPSA) is 37.3 Å². The zero-order valence-corrected chi connectivity index (χ0v) is 17.4. The van der Waals surface area contributed by atoms with Crippen LogP contribution in [0.4, 0.5) is 5.69 Å². The molecule has 0 saturated carbocycles. The molecule has 5 nitrogen and oxygen atoms in total. The summed E-state index contributed by atoms with van der Waals surface area (Å²) in [5.41, 5.74) is 5.63. The van der Waals surface area contributed by atoms with Gasteiger partial charge in [-0.25, -0.2) is 5.01 Å². The third kappa shape index (κ3) is 3.16. The minimum atomic E-state index is -0.253. The van der Waals surface area contributed by atoms with Crippen molar-refractivity contribution in [2.45, 2.75) is 18.7 Å². The lowest BCUT2D eigenvalue weighted by atomic mass is 9.96. The van der Waals surface area contributed by atoms with E-state index in [-0.39, 0.29) is 12.3 Å². The fourth-order valence-electron chi connectivity index (χ4n) is 4.15. The lowest BCUT2D eigenvalue weighted by molar-refractivity contribution is -0.0190. The summed E-state index contributed by atoms with van der Waals surface area (Å²) in [6.45, 7) is 0. The van der Waals surface area contributed by atoms with Crippen molar-refractivity contribution in [3.8, 4) is 11.5 Å². The summed E-state index contributed by atoms with van der Waals surface area (Å²) >= 11 is 0. The zero-order chi connectivity index (χ0) is 20.7. The number of hydrogen-bond acceptors (Lipinski definition) is 5. The van der Waals surface area contributed by atoms with E-state index in [0.29, 0.717) is 0 Å². The number of methoxy groups -OCH3 is 1. The largest absolute Gasteiger partial charge is 0.497 e. The molecule has 0 unspecified atom stereocenters. The molecule has 2 atom stereocenters. The number of fused-ring (bicyclic) bond motifs is 3. The van der Waals surface area contributed by atoms with E-state index >= 15 is 0 Å². The van der Waals surface area contributed by atoms with Crippen LogP contribution in [0, 0.1) is 0 Å². The Hall–Kier alpha value is -3.47. The van der Waals surface area contributed by atoms with Crippen LogP contribution in [0.3, 0.4) is 0 Å². The van der Waals surface area contributed by atoms with Gasteiger partial charge in [-0.15, -0.1) is 0 Å². The first-order valence-corrected chi connectivity index (χ1v) is 10.2. The Morgan fingerprint density at radius 2 is 1.70 bits per heavy atom. The molecule has 2 heterocycles. The monoisotopic (exact) mass is 399 g/mol. The quantitative estimate of drug-likeness (QED) is 0.618. The van der Waals surface area contributed by atoms with Crippen molar-refractivity contribution >= 4 is 11.4 Å². The van der Waals surface area contributed by atoms with Crippen LogP contribution in [0.5, 0.6) is 11.5 Å². The lowest BCUT2D eigenvalue weighted by Gasteiger charge is -2.38. The molecule has 0 amide bonds. The molecule has 0 saturated heterocycles. The number of hydrogen-bond donors (Lipinski definition) is 0. The minimum absolute atomic E-state index is 0.158. The van der Waals surface area contributed by atoms with Crippen LogP contribution in [0.1, 0.15) is 35.4 Å². The molecule has 0 spiro atoms. The molecule has 0 aliphatic carbocycles. The predicted octanol–water partition coefficient (Wildman–Crippen LogP) is 5.00. The summed E-state index contributed by atoms with van der Waals surface area (Å²) in [7, 11) is 5.78. The fourth-order valence-corrected chi connectivity index (χ4v) is 4.15. The average Bonchev–Trinajstić information content (AvgIpc) is 3.24. The first-order valence-electron chi connectivity index (χ1n) is 10.2. The van der Waals surface area contributed by atoms with Crippen LogP contribution in [-0.2, 0) is 0 Å². The summed E-state index contributed by atoms with van der Waals surface area (Å²) in [5, 5.41) is 7.14. The standard InChI is InChI=1S/C25H25N3O2/c1-27(2)19-12-8-18(9-13-19)25-28-23(21-6-4-5-7-24(21)30-25)16-22(26-28)17-10-14-20(29-3)15-11-17/h4-15,23,25H,16H2,1-3H3/t23-,25+/m1/s1. The van der Waals surface area contributed by atoms with Crippen molar-refractivity contribution in [2.24, 2.45) is 5.10 Å². The van der Waals surface area contributed by atoms with Gasteiger partial charge in [-0.05, 0) is 48.0 Å². The highest BCUT2D eigenvalue weighted by Crippen LogP contribution is 2.47. The molecule has 2 aliphatic heterocycles. The number of anilines is 1. The van der Waals surface area contributed by atoms with Crippen LogP contribution in [0.15, 0.2) is 77.9 Å². The summed E-state index contributed by atoms with van der Waals surface area (Å²) in [5.74, 6) is 1.79. The number of rotatable bonds is 4. The van der Waals surface area contributed by atoms with Crippen LogP contribution < -0.4 is 14.4 Å². The summed E-state index contributed by atoms with van der Waals surface area (Å²) in [6.07, 6.45) is 0.593. The Labute approximate surface area is 177 Å². The molecule has 5 rings (SSSR count). The number of para-hydroxylation sites is 1. The molecule has 3 aromatic carbocycles. The molecule has 5 heteroatoms. The summed E-state index contributed by atoms with van der Waals surface area (Å²) in [6, 6.07) is 25.1. The van der Waals surface area contributed by atoms with Gasteiger partial charge < -0.3 is 14.4 Å². The normalized spacial score (nSPS) is 19.4. The number of ether oxygens (including phenoxy) is 2. The van der Waals surface area contributed by atoms with E-state index in [0.717, 1.165) is 40.4 Å². The van der Waals surface area contributed by atoms with E-state index in [1.165, 1.54) is 5.56 Å². The number of hydrazone groups is 1. The Bertz CT molecular complexity index is 1070. The predicted molar refractivity (Wildman–Crippen MR) is 119 cm³/mol. The summed E-state index contributed by atoms with van der Waals surface area (Å²) < 4.78 is 11.7. The zero-order valence-electron chi connectivity index (χ0n) is 17.4. The van der Waals surface area contributed by atoms with Crippen LogP contribution in [-0.4, -0.2) is 31.9 Å². The van der Waals surface area contributed by atoms with Gasteiger partial charge in [0.1, 0.15) is 11.5 Å². The van der Waals surface area contributed by atoms with Gasteiger partial charge in [-0.3, -0.25) is 0 Å². The molecule has 0 bridgehead atoms. The molecular formula is C25H25N3O2. The third-order valence-corrected chi connectivity index (χ3v) is 5.82. The second-order valence-electron chi connectivity index (χ2n) is 7.87. The first kappa shape index (κ1) is 18.6. The minimum Gasteiger partial charge on any atom is -0.497 e. The van der Waals surface area contributed by atoms with E-state index in [1.54, 1.807) is 7.11 Å². The van der Waals surface area contributed by atoms with Gasteiger partial charge >= 0.3 is 0 Å². The third-order valence-electron chi connectivity index (χ3n) is 5.82. The Morgan fingerprint density at radius 1 is 0.967 bits per heavy atom. The van der Waals surface area contributed by atoms with Gasteiger partial charge in [0.15, 0.2) is 0 Å².